The van der Waals surface area contributed by atoms with E-state index in [2.05, 4.69) is 25.9 Å². The van der Waals surface area contributed by atoms with Gasteiger partial charge in [0.2, 0.25) is 23.6 Å². The maximum Gasteiger partial charge on any atom is 0.326 e. The van der Waals surface area contributed by atoms with Gasteiger partial charge in [-0.2, -0.15) is 0 Å². The van der Waals surface area contributed by atoms with E-state index in [9.17, 15) is 29.1 Å². The van der Waals surface area contributed by atoms with Crippen LogP contribution in [0.4, 0.5) is 0 Å². The maximum atomic E-state index is 13.6. The first-order chi connectivity index (χ1) is 19.8. The third kappa shape index (κ3) is 10.4. The van der Waals surface area contributed by atoms with Crippen molar-refractivity contribution in [3.63, 3.8) is 0 Å². The van der Waals surface area contributed by atoms with Gasteiger partial charge in [-0.3, -0.25) is 24.2 Å². The fraction of sp³-hybridized carbons (Fsp3) is 0.481. The molecule has 0 saturated carbocycles. The molecule has 0 aliphatic heterocycles. The lowest BCUT2D eigenvalue weighted by Crippen LogP contribution is -2.58. The molecule has 15 heteroatoms. The number of amides is 4. The predicted molar refractivity (Wildman–Crippen MR) is 157 cm³/mol. The van der Waals surface area contributed by atoms with Crippen molar-refractivity contribution >= 4 is 46.5 Å². The number of carbonyl (C=O) groups excluding carboxylic acids is 4. The van der Waals surface area contributed by atoms with Gasteiger partial charge in [0.15, 0.2) is 5.96 Å². The Hall–Kier alpha value is -4.66. The van der Waals surface area contributed by atoms with Gasteiger partial charge in [0.1, 0.15) is 18.1 Å². The van der Waals surface area contributed by atoms with Crippen LogP contribution in [0.25, 0.3) is 10.9 Å². The molecule has 2 rings (SSSR count). The van der Waals surface area contributed by atoms with Crippen molar-refractivity contribution in [1.82, 2.24) is 20.9 Å². The predicted octanol–water partition coefficient (Wildman–Crippen LogP) is -1.45. The fourth-order valence-corrected chi connectivity index (χ4v) is 4.25. The number of para-hydroxylation sites is 1. The number of fused-ring (bicyclic) bond motifs is 1. The Morgan fingerprint density at radius 1 is 0.929 bits per heavy atom. The number of benzene rings is 1. The van der Waals surface area contributed by atoms with E-state index in [1.54, 1.807) is 20.0 Å². The molecule has 42 heavy (non-hydrogen) atoms. The third-order valence-electron chi connectivity index (χ3n) is 6.58. The summed E-state index contributed by atoms with van der Waals surface area (Å²) in [6.45, 7) is 3.44. The van der Waals surface area contributed by atoms with E-state index in [-0.39, 0.29) is 44.6 Å². The van der Waals surface area contributed by atoms with Crippen molar-refractivity contribution in [2.45, 2.75) is 70.1 Å². The number of hydrogen-bond donors (Lipinski definition) is 9. The zero-order valence-corrected chi connectivity index (χ0v) is 23.8. The number of carbonyl (C=O) groups is 5. The lowest BCUT2D eigenvalue weighted by molar-refractivity contribution is -0.143. The Kier molecular flexibility index (Phi) is 12.7. The van der Waals surface area contributed by atoms with Crippen LogP contribution in [0.1, 0.15) is 45.1 Å². The number of rotatable bonds is 17. The molecule has 0 bridgehead atoms. The highest BCUT2D eigenvalue weighted by Crippen LogP contribution is 2.19. The number of nitrogens with two attached hydrogens (primary N) is 4. The summed E-state index contributed by atoms with van der Waals surface area (Å²) in [6.07, 6.45) is 1.97. The first-order valence-corrected chi connectivity index (χ1v) is 13.6. The summed E-state index contributed by atoms with van der Waals surface area (Å²) in [5.41, 5.74) is 23.4. The van der Waals surface area contributed by atoms with E-state index in [0.717, 1.165) is 16.5 Å². The smallest absolute Gasteiger partial charge is 0.326 e. The van der Waals surface area contributed by atoms with Crippen LogP contribution in [0.15, 0.2) is 35.5 Å². The van der Waals surface area contributed by atoms with E-state index in [4.69, 9.17) is 22.9 Å². The molecule has 0 aliphatic carbocycles. The van der Waals surface area contributed by atoms with Crippen molar-refractivity contribution in [2.75, 3.05) is 6.54 Å². The van der Waals surface area contributed by atoms with Gasteiger partial charge in [0.25, 0.3) is 0 Å². The number of aliphatic carboxylic acids is 1. The quantitative estimate of drug-likeness (QED) is 0.0594. The second-order valence-corrected chi connectivity index (χ2v) is 10.3. The summed E-state index contributed by atoms with van der Waals surface area (Å²) >= 11 is 0. The topological polar surface area (TPSA) is 274 Å². The molecular weight excluding hydrogens is 546 g/mol. The van der Waals surface area contributed by atoms with Crippen LogP contribution in [0.2, 0.25) is 0 Å². The Morgan fingerprint density at radius 3 is 2.19 bits per heavy atom. The number of nitrogens with one attached hydrogen (secondary N) is 4. The summed E-state index contributed by atoms with van der Waals surface area (Å²) < 4.78 is 0. The van der Waals surface area contributed by atoms with E-state index >= 15 is 0 Å². The Labute approximate surface area is 243 Å². The number of aromatic amines is 1. The second kappa shape index (κ2) is 16.0. The maximum absolute atomic E-state index is 13.6. The monoisotopic (exact) mass is 587 g/mol. The molecule has 4 unspecified atom stereocenters. The molecule has 1 aromatic carbocycles. The average molecular weight is 588 g/mol. The first-order valence-electron chi connectivity index (χ1n) is 13.6. The number of nitrogens with zero attached hydrogens (tertiary/aromatic N) is 1. The van der Waals surface area contributed by atoms with Crippen LogP contribution in [0.5, 0.6) is 0 Å². The number of aromatic nitrogens is 1. The molecule has 4 amide bonds. The SMILES string of the molecule is CC(C)C(NC(=O)C(CCCN=C(N)N)NC(=O)C(Cc1c[nH]c2ccccc12)NC(=O)C(N)CCC(N)=O)C(=O)O. The van der Waals surface area contributed by atoms with E-state index in [0.29, 0.717) is 0 Å². The van der Waals surface area contributed by atoms with Crippen LogP contribution in [0, 0.1) is 5.92 Å². The molecule has 0 saturated heterocycles. The zero-order valence-electron chi connectivity index (χ0n) is 23.8. The lowest BCUT2D eigenvalue weighted by Gasteiger charge is -2.26. The van der Waals surface area contributed by atoms with Crippen LogP contribution in [-0.2, 0) is 30.4 Å². The Bertz CT molecular complexity index is 1290. The summed E-state index contributed by atoms with van der Waals surface area (Å²) in [7, 11) is 0. The van der Waals surface area contributed by atoms with Gasteiger partial charge in [0, 0.05) is 36.5 Å². The molecule has 15 nitrogen and oxygen atoms in total. The van der Waals surface area contributed by atoms with Gasteiger partial charge in [-0.1, -0.05) is 32.0 Å². The van der Waals surface area contributed by atoms with Crippen molar-refractivity contribution in [1.29, 1.82) is 0 Å². The van der Waals surface area contributed by atoms with Gasteiger partial charge in [0.05, 0.1) is 6.04 Å². The minimum Gasteiger partial charge on any atom is -0.480 e. The largest absolute Gasteiger partial charge is 0.480 e. The first kappa shape index (κ1) is 33.5. The number of guanidine groups is 1. The van der Waals surface area contributed by atoms with Crippen molar-refractivity contribution in [2.24, 2.45) is 33.8 Å². The van der Waals surface area contributed by atoms with Gasteiger partial charge in [-0.05, 0) is 36.8 Å². The molecule has 4 atom stereocenters. The number of hydrogen-bond acceptors (Lipinski definition) is 7. The Morgan fingerprint density at radius 2 is 1.57 bits per heavy atom. The molecule has 0 fully saturated rings. The molecular formula is C27H41N9O6. The lowest BCUT2D eigenvalue weighted by atomic mass is 10.0. The van der Waals surface area contributed by atoms with Gasteiger partial charge >= 0.3 is 5.97 Å². The standard InChI is InChI=1S/C27H41N9O6/c1-14(2)22(26(41)42)36-24(39)19(8-5-11-32-27(30)31)34-25(40)20(35-23(38)17(28)9-10-21(29)37)12-15-13-33-18-7-4-3-6-16(15)18/h3-4,6-7,13-14,17,19-20,22,33H,5,8-12,28H2,1-2H3,(H2,29,37)(H,34,40)(H,35,38)(H,36,39)(H,41,42)(H4,30,31,32). The molecule has 0 aliphatic rings. The van der Waals surface area contributed by atoms with Gasteiger partial charge < -0.3 is 49.0 Å². The molecule has 0 radical (unpaired) electrons. The fourth-order valence-electron chi connectivity index (χ4n) is 4.25. The zero-order chi connectivity index (χ0) is 31.4. The molecule has 2 aromatic rings. The van der Waals surface area contributed by atoms with Gasteiger partial charge in [-0.25, -0.2) is 4.79 Å². The highest BCUT2D eigenvalue weighted by atomic mass is 16.4. The third-order valence-corrected chi connectivity index (χ3v) is 6.58. The van der Waals surface area contributed by atoms with Crippen LogP contribution in [-0.4, -0.2) is 76.4 Å². The highest BCUT2D eigenvalue weighted by molar-refractivity contribution is 5.95. The highest BCUT2D eigenvalue weighted by Gasteiger charge is 2.31. The number of carboxylic acids is 1. The molecule has 1 heterocycles. The minimum absolute atomic E-state index is 0.0236. The number of primary amides is 1. The molecule has 0 spiro atoms. The average Bonchev–Trinajstić information content (AvgIpc) is 3.33. The molecule has 1 aromatic heterocycles. The van der Waals surface area contributed by atoms with Crippen LogP contribution < -0.4 is 38.9 Å². The van der Waals surface area contributed by atoms with Crippen molar-refractivity contribution in [3.05, 3.63) is 36.0 Å². The number of aliphatic imine (C=N–C) groups is 1. The summed E-state index contributed by atoms with van der Waals surface area (Å²) in [5, 5.41) is 18.1. The summed E-state index contributed by atoms with van der Waals surface area (Å²) in [5.74, 6) is -4.52. The van der Waals surface area contributed by atoms with E-state index < -0.39 is 59.7 Å². The summed E-state index contributed by atoms with van der Waals surface area (Å²) in [6, 6.07) is 2.74. The molecule has 13 N–H and O–H groups in total. The van der Waals surface area contributed by atoms with Gasteiger partial charge in [-0.15, -0.1) is 0 Å². The molecule has 230 valence electrons. The normalized spacial score (nSPS) is 13.9. The van der Waals surface area contributed by atoms with E-state index in [1.807, 2.05) is 24.3 Å². The van der Waals surface area contributed by atoms with Crippen molar-refractivity contribution < 1.29 is 29.1 Å². The minimum atomic E-state index is -1.22. The van der Waals surface area contributed by atoms with Crippen LogP contribution >= 0.6 is 0 Å². The Balaban J connectivity index is 2.32. The summed E-state index contributed by atoms with van der Waals surface area (Å²) in [4.78, 5) is 69.5. The van der Waals surface area contributed by atoms with Crippen LogP contribution in [0.3, 0.4) is 0 Å². The van der Waals surface area contributed by atoms with Crippen molar-refractivity contribution in [3.8, 4) is 0 Å². The number of H-pyrrole nitrogens is 1. The number of carboxylic acid groups (broad SMARTS) is 1. The second-order valence-electron chi connectivity index (χ2n) is 10.3. The van der Waals surface area contributed by atoms with E-state index in [1.165, 1.54) is 0 Å².